The molecule has 0 saturated heterocycles. The van der Waals surface area contributed by atoms with Gasteiger partial charge in [0.05, 0.1) is 22.8 Å². The molecule has 0 saturated carbocycles. The van der Waals surface area contributed by atoms with Crippen LogP contribution in [0.5, 0.6) is 0 Å². The third kappa shape index (κ3) is 3.12. The number of rotatable bonds is 4. The van der Waals surface area contributed by atoms with Gasteiger partial charge < -0.3 is 10.0 Å². The highest BCUT2D eigenvalue weighted by Crippen LogP contribution is 2.20. The zero-order valence-electron chi connectivity index (χ0n) is 11.2. The molecule has 0 spiro atoms. The van der Waals surface area contributed by atoms with Crippen LogP contribution < -0.4 is 4.90 Å². The summed E-state index contributed by atoms with van der Waals surface area (Å²) in [5, 5.41) is 12.1. The molecule has 4 nitrogen and oxygen atoms in total. The number of carboxylic acids is 1. The van der Waals surface area contributed by atoms with E-state index in [-0.39, 0.29) is 0 Å². The van der Waals surface area contributed by atoms with E-state index in [4.69, 9.17) is 5.11 Å². The molecule has 0 amide bonds. The van der Waals surface area contributed by atoms with E-state index in [2.05, 4.69) is 9.88 Å². The van der Waals surface area contributed by atoms with Gasteiger partial charge in [-0.1, -0.05) is 0 Å². The first kappa shape index (κ1) is 13.5. The zero-order valence-corrected chi connectivity index (χ0v) is 12.0. The predicted molar refractivity (Wildman–Crippen MR) is 77.1 cm³/mol. The molecule has 2 rings (SSSR count). The van der Waals surface area contributed by atoms with Crippen LogP contribution in [-0.2, 0) is 6.54 Å². The average molecular weight is 276 g/mol. The zero-order chi connectivity index (χ0) is 14.0. The van der Waals surface area contributed by atoms with E-state index in [0.29, 0.717) is 5.56 Å². The van der Waals surface area contributed by atoms with Crippen LogP contribution in [0, 0.1) is 13.8 Å². The summed E-state index contributed by atoms with van der Waals surface area (Å²) >= 11 is 1.64. The largest absolute Gasteiger partial charge is 0.478 e. The number of carbonyl (C=O) groups is 1. The number of carboxylic acid groups (broad SMARTS) is 1. The normalized spacial score (nSPS) is 10.5. The summed E-state index contributed by atoms with van der Waals surface area (Å²) in [6.07, 6.45) is 0. The van der Waals surface area contributed by atoms with Gasteiger partial charge in [0, 0.05) is 18.1 Å². The molecule has 5 heteroatoms. The van der Waals surface area contributed by atoms with Crippen molar-refractivity contribution in [3.8, 4) is 0 Å². The molecule has 0 aliphatic rings. The molecular weight excluding hydrogens is 260 g/mol. The second-order valence-electron chi connectivity index (χ2n) is 4.52. The maximum absolute atomic E-state index is 11.0. The summed E-state index contributed by atoms with van der Waals surface area (Å²) < 4.78 is 0. The molecule has 0 atom stereocenters. The van der Waals surface area contributed by atoms with E-state index in [1.54, 1.807) is 17.4 Å². The molecule has 0 unspecified atom stereocenters. The van der Waals surface area contributed by atoms with Crippen molar-refractivity contribution >= 4 is 23.0 Å². The molecule has 0 radical (unpaired) electrons. The Balaban J connectivity index is 2.17. The van der Waals surface area contributed by atoms with Gasteiger partial charge in [-0.05, 0) is 37.6 Å². The molecular formula is C14H16N2O2S. The number of hydrogen-bond donors (Lipinski definition) is 1. The van der Waals surface area contributed by atoms with Crippen LogP contribution in [0.1, 0.15) is 26.6 Å². The molecule has 2 aromatic rings. The van der Waals surface area contributed by atoms with Crippen LogP contribution in [0.25, 0.3) is 0 Å². The molecule has 1 aromatic heterocycles. The molecule has 0 aliphatic heterocycles. The summed E-state index contributed by atoms with van der Waals surface area (Å²) in [6, 6.07) is 5.37. The lowest BCUT2D eigenvalue weighted by atomic mass is 10.1. The van der Waals surface area contributed by atoms with Gasteiger partial charge in [0.15, 0.2) is 0 Å². The smallest absolute Gasteiger partial charge is 0.335 e. The van der Waals surface area contributed by atoms with Crippen LogP contribution in [-0.4, -0.2) is 23.1 Å². The Kier molecular flexibility index (Phi) is 3.85. The first-order valence-corrected chi connectivity index (χ1v) is 6.81. The summed E-state index contributed by atoms with van der Waals surface area (Å²) in [6.45, 7) is 4.52. The Hall–Kier alpha value is -1.88. The minimum atomic E-state index is -0.887. The molecule has 1 heterocycles. The van der Waals surface area contributed by atoms with Crippen LogP contribution in [0.4, 0.5) is 5.69 Å². The minimum Gasteiger partial charge on any atom is -0.478 e. The monoisotopic (exact) mass is 276 g/mol. The standard InChI is InChI=1S/C14H16N2O2S/c1-9-6-12(4-5-13(9)14(17)18)16(3)7-11-8-19-10(2)15-11/h4-6,8H,7H2,1-3H3,(H,17,18). The summed E-state index contributed by atoms with van der Waals surface area (Å²) in [5.74, 6) is -0.887. The number of aromatic nitrogens is 1. The lowest BCUT2D eigenvalue weighted by molar-refractivity contribution is 0.0696. The lowest BCUT2D eigenvalue weighted by Gasteiger charge is -2.19. The van der Waals surface area contributed by atoms with E-state index >= 15 is 0 Å². The molecule has 19 heavy (non-hydrogen) atoms. The van der Waals surface area contributed by atoms with Crippen molar-refractivity contribution in [2.75, 3.05) is 11.9 Å². The van der Waals surface area contributed by atoms with Gasteiger partial charge in [0.25, 0.3) is 0 Å². The summed E-state index contributed by atoms with van der Waals surface area (Å²) in [4.78, 5) is 17.5. The van der Waals surface area contributed by atoms with Gasteiger partial charge in [0.2, 0.25) is 0 Å². The second kappa shape index (κ2) is 5.40. The molecule has 1 N–H and O–H groups in total. The van der Waals surface area contributed by atoms with E-state index < -0.39 is 5.97 Å². The number of aryl methyl sites for hydroxylation is 2. The van der Waals surface area contributed by atoms with Crippen molar-refractivity contribution in [3.63, 3.8) is 0 Å². The van der Waals surface area contributed by atoms with E-state index in [0.717, 1.165) is 28.5 Å². The topological polar surface area (TPSA) is 53.4 Å². The molecule has 0 fully saturated rings. The van der Waals surface area contributed by atoms with E-state index in [1.807, 2.05) is 38.4 Å². The van der Waals surface area contributed by atoms with Crippen LogP contribution in [0.15, 0.2) is 23.6 Å². The summed E-state index contributed by atoms with van der Waals surface area (Å²) in [5.41, 5.74) is 3.14. The van der Waals surface area contributed by atoms with Gasteiger partial charge in [-0.3, -0.25) is 0 Å². The Labute approximate surface area is 116 Å². The van der Waals surface area contributed by atoms with E-state index in [1.165, 1.54) is 0 Å². The number of benzene rings is 1. The molecule has 100 valence electrons. The maximum Gasteiger partial charge on any atom is 0.335 e. The fourth-order valence-corrected chi connectivity index (χ4v) is 2.54. The van der Waals surface area contributed by atoms with Crippen molar-refractivity contribution in [1.82, 2.24) is 4.98 Å². The average Bonchev–Trinajstić information content (AvgIpc) is 2.74. The van der Waals surface area contributed by atoms with Gasteiger partial charge in [0.1, 0.15) is 0 Å². The lowest BCUT2D eigenvalue weighted by Crippen LogP contribution is -2.17. The fourth-order valence-electron chi connectivity index (χ4n) is 1.94. The van der Waals surface area contributed by atoms with Crippen molar-refractivity contribution in [3.05, 3.63) is 45.4 Å². The maximum atomic E-state index is 11.0. The predicted octanol–water partition coefficient (Wildman–Crippen LogP) is 3.09. The van der Waals surface area contributed by atoms with Crippen LogP contribution in [0.2, 0.25) is 0 Å². The third-order valence-electron chi connectivity index (χ3n) is 2.95. The van der Waals surface area contributed by atoms with Crippen LogP contribution >= 0.6 is 11.3 Å². The van der Waals surface area contributed by atoms with Gasteiger partial charge in [-0.15, -0.1) is 11.3 Å². The third-order valence-corrected chi connectivity index (χ3v) is 3.77. The van der Waals surface area contributed by atoms with Crippen molar-refractivity contribution in [2.24, 2.45) is 0 Å². The Morgan fingerprint density at radius 3 is 2.68 bits per heavy atom. The first-order valence-electron chi connectivity index (χ1n) is 5.93. The Morgan fingerprint density at radius 2 is 2.16 bits per heavy atom. The molecule has 0 aliphatic carbocycles. The second-order valence-corrected chi connectivity index (χ2v) is 5.58. The fraction of sp³-hybridized carbons (Fsp3) is 0.286. The number of hydrogen-bond acceptors (Lipinski definition) is 4. The number of aromatic carboxylic acids is 1. The van der Waals surface area contributed by atoms with E-state index in [9.17, 15) is 4.79 Å². The highest BCUT2D eigenvalue weighted by molar-refractivity contribution is 7.09. The van der Waals surface area contributed by atoms with Crippen LogP contribution in [0.3, 0.4) is 0 Å². The highest BCUT2D eigenvalue weighted by Gasteiger charge is 2.10. The minimum absolute atomic E-state index is 0.349. The van der Waals surface area contributed by atoms with Gasteiger partial charge in [-0.2, -0.15) is 0 Å². The number of thiazole rings is 1. The number of anilines is 1. The van der Waals surface area contributed by atoms with Crippen molar-refractivity contribution in [1.29, 1.82) is 0 Å². The SMILES string of the molecule is Cc1nc(CN(C)c2ccc(C(=O)O)c(C)c2)cs1. The number of nitrogens with zero attached hydrogens (tertiary/aromatic N) is 2. The quantitative estimate of drug-likeness (QED) is 0.932. The van der Waals surface area contributed by atoms with Gasteiger partial charge >= 0.3 is 5.97 Å². The Bertz CT molecular complexity index is 607. The molecule has 0 bridgehead atoms. The summed E-state index contributed by atoms with van der Waals surface area (Å²) in [7, 11) is 1.98. The molecule has 1 aromatic carbocycles. The van der Waals surface area contributed by atoms with Gasteiger partial charge in [-0.25, -0.2) is 9.78 Å². The van der Waals surface area contributed by atoms with Crippen molar-refractivity contribution < 1.29 is 9.90 Å². The Morgan fingerprint density at radius 1 is 1.42 bits per heavy atom. The first-order chi connectivity index (χ1) is 8.97. The highest BCUT2D eigenvalue weighted by atomic mass is 32.1. The van der Waals surface area contributed by atoms with Crippen molar-refractivity contribution in [2.45, 2.75) is 20.4 Å².